The van der Waals surface area contributed by atoms with Crippen LogP contribution in [-0.2, 0) is 0 Å². The van der Waals surface area contributed by atoms with E-state index in [2.05, 4.69) is 0 Å². The third kappa shape index (κ3) is 3.27. The van der Waals surface area contributed by atoms with E-state index in [0.717, 1.165) is 11.1 Å². The Bertz CT molecular complexity index is 558. The highest BCUT2D eigenvalue weighted by atomic mass is 35.5. The van der Waals surface area contributed by atoms with Crippen LogP contribution in [0.4, 0.5) is 0 Å². The SMILES string of the molecule is O=C(CCl)c1ccc(-c2ccc(C(=O)CCl)cc2)cc1. The van der Waals surface area contributed by atoms with Crippen molar-refractivity contribution in [3.05, 3.63) is 59.7 Å². The van der Waals surface area contributed by atoms with Crippen LogP contribution in [0.2, 0.25) is 0 Å². The third-order valence-corrected chi connectivity index (χ3v) is 3.48. The van der Waals surface area contributed by atoms with Crippen molar-refractivity contribution in [1.82, 2.24) is 0 Å². The van der Waals surface area contributed by atoms with Gasteiger partial charge in [0.15, 0.2) is 11.6 Å². The van der Waals surface area contributed by atoms with Crippen LogP contribution in [0.15, 0.2) is 48.5 Å². The number of hydrogen-bond donors (Lipinski definition) is 0. The van der Waals surface area contributed by atoms with Gasteiger partial charge in [0.1, 0.15) is 0 Å². The molecule has 0 aliphatic rings. The van der Waals surface area contributed by atoms with Crippen LogP contribution in [0.25, 0.3) is 11.1 Å². The molecule has 20 heavy (non-hydrogen) atoms. The van der Waals surface area contributed by atoms with Gasteiger partial charge in [-0.3, -0.25) is 9.59 Å². The molecule has 0 atom stereocenters. The first-order chi connectivity index (χ1) is 9.65. The molecule has 2 aromatic carbocycles. The van der Waals surface area contributed by atoms with Gasteiger partial charge in [0.05, 0.1) is 11.8 Å². The predicted molar refractivity (Wildman–Crippen MR) is 82.0 cm³/mol. The van der Waals surface area contributed by atoms with E-state index >= 15 is 0 Å². The lowest BCUT2D eigenvalue weighted by Gasteiger charge is -2.04. The molecule has 2 aromatic rings. The van der Waals surface area contributed by atoms with Crippen molar-refractivity contribution in [1.29, 1.82) is 0 Å². The number of benzene rings is 2. The molecule has 0 amide bonds. The number of carbonyl (C=O) groups excluding carboxylic acids is 2. The topological polar surface area (TPSA) is 34.1 Å². The monoisotopic (exact) mass is 306 g/mol. The highest BCUT2D eigenvalue weighted by molar-refractivity contribution is 6.30. The Morgan fingerprint density at radius 1 is 0.650 bits per heavy atom. The van der Waals surface area contributed by atoms with Gasteiger partial charge in [-0.1, -0.05) is 48.5 Å². The number of ketones is 2. The molecule has 0 saturated carbocycles. The maximum Gasteiger partial charge on any atom is 0.177 e. The number of halogens is 2. The summed E-state index contributed by atoms with van der Waals surface area (Å²) in [6, 6.07) is 14.4. The van der Waals surface area contributed by atoms with Crippen molar-refractivity contribution in [3.63, 3.8) is 0 Å². The number of carbonyl (C=O) groups is 2. The molecule has 0 aliphatic heterocycles. The first kappa shape index (κ1) is 14.8. The molecule has 2 nitrogen and oxygen atoms in total. The molecule has 102 valence electrons. The molecule has 0 radical (unpaired) electrons. The molecule has 0 bridgehead atoms. The Hall–Kier alpha value is -1.64. The normalized spacial score (nSPS) is 10.3. The molecule has 0 saturated heterocycles. The molecule has 0 aliphatic carbocycles. The summed E-state index contributed by atoms with van der Waals surface area (Å²) in [7, 11) is 0. The van der Waals surface area contributed by atoms with Gasteiger partial charge in [-0.15, -0.1) is 23.2 Å². The summed E-state index contributed by atoms with van der Waals surface area (Å²) in [5.41, 5.74) is 3.14. The third-order valence-electron chi connectivity index (χ3n) is 2.99. The minimum absolute atomic E-state index is 0.0193. The van der Waals surface area contributed by atoms with Gasteiger partial charge in [-0.2, -0.15) is 0 Å². The van der Waals surface area contributed by atoms with Gasteiger partial charge in [0.2, 0.25) is 0 Å². The smallest absolute Gasteiger partial charge is 0.177 e. The van der Waals surface area contributed by atoms with Gasteiger partial charge >= 0.3 is 0 Å². The first-order valence-electron chi connectivity index (χ1n) is 6.04. The second-order valence-electron chi connectivity index (χ2n) is 4.27. The van der Waals surface area contributed by atoms with E-state index in [4.69, 9.17) is 23.2 Å². The van der Waals surface area contributed by atoms with Crippen molar-refractivity contribution in [3.8, 4) is 11.1 Å². The van der Waals surface area contributed by atoms with Crippen LogP contribution in [0, 0.1) is 0 Å². The summed E-state index contributed by atoms with van der Waals surface area (Å²) in [5.74, 6) is -0.231. The van der Waals surface area contributed by atoms with E-state index in [-0.39, 0.29) is 23.3 Å². The Morgan fingerprint density at radius 3 is 1.20 bits per heavy atom. The predicted octanol–water partition coefficient (Wildman–Crippen LogP) is 4.20. The van der Waals surface area contributed by atoms with Crippen LogP contribution in [0.5, 0.6) is 0 Å². The highest BCUT2D eigenvalue weighted by Crippen LogP contribution is 2.21. The van der Waals surface area contributed by atoms with Crippen LogP contribution in [0.1, 0.15) is 20.7 Å². The van der Waals surface area contributed by atoms with Gasteiger partial charge in [-0.25, -0.2) is 0 Å². The first-order valence-corrected chi connectivity index (χ1v) is 7.11. The zero-order valence-corrected chi connectivity index (χ0v) is 12.1. The number of Topliss-reactive ketones (excluding diaryl/α,β-unsaturated/α-hetero) is 2. The molecular formula is C16H12Cl2O2. The van der Waals surface area contributed by atoms with Crippen LogP contribution >= 0.6 is 23.2 Å². The lowest BCUT2D eigenvalue weighted by Crippen LogP contribution is -2.00. The Balaban J connectivity index is 2.23. The minimum atomic E-state index is -0.0960. The molecule has 0 spiro atoms. The maximum absolute atomic E-state index is 11.4. The van der Waals surface area contributed by atoms with Crippen LogP contribution in [-0.4, -0.2) is 23.3 Å². The number of hydrogen-bond acceptors (Lipinski definition) is 2. The van der Waals surface area contributed by atoms with Gasteiger partial charge < -0.3 is 0 Å². The van der Waals surface area contributed by atoms with E-state index in [1.54, 1.807) is 24.3 Å². The molecule has 0 unspecified atom stereocenters. The largest absolute Gasteiger partial charge is 0.293 e. The second-order valence-corrected chi connectivity index (χ2v) is 4.80. The molecule has 0 N–H and O–H groups in total. The van der Waals surface area contributed by atoms with Crippen molar-refractivity contribution in [2.24, 2.45) is 0 Å². The summed E-state index contributed by atoms with van der Waals surface area (Å²) >= 11 is 11.0. The Labute approximate surface area is 127 Å². The van der Waals surface area contributed by atoms with Crippen molar-refractivity contribution < 1.29 is 9.59 Å². The average molecular weight is 307 g/mol. The van der Waals surface area contributed by atoms with Gasteiger partial charge in [-0.05, 0) is 11.1 Å². The van der Waals surface area contributed by atoms with E-state index in [1.807, 2.05) is 24.3 Å². The standard InChI is InChI=1S/C16H12Cl2O2/c17-9-15(19)13-5-1-11(2-6-13)12-3-7-14(8-4-12)16(20)10-18/h1-8H,9-10H2. The lowest BCUT2D eigenvalue weighted by molar-refractivity contribution is 0.101. The second kappa shape index (κ2) is 6.69. The quantitative estimate of drug-likeness (QED) is 0.613. The maximum atomic E-state index is 11.4. The van der Waals surface area contributed by atoms with E-state index in [9.17, 15) is 9.59 Å². The van der Waals surface area contributed by atoms with E-state index in [0.29, 0.717) is 11.1 Å². The van der Waals surface area contributed by atoms with E-state index < -0.39 is 0 Å². The van der Waals surface area contributed by atoms with Crippen molar-refractivity contribution >= 4 is 34.8 Å². The van der Waals surface area contributed by atoms with Crippen molar-refractivity contribution in [2.45, 2.75) is 0 Å². The van der Waals surface area contributed by atoms with Crippen LogP contribution < -0.4 is 0 Å². The molecule has 0 aromatic heterocycles. The van der Waals surface area contributed by atoms with Gasteiger partial charge in [0, 0.05) is 11.1 Å². The summed E-state index contributed by atoms with van der Waals surface area (Å²) in [6.45, 7) is 0. The number of rotatable bonds is 5. The van der Waals surface area contributed by atoms with E-state index in [1.165, 1.54) is 0 Å². The Morgan fingerprint density at radius 2 is 0.950 bits per heavy atom. The van der Waals surface area contributed by atoms with Gasteiger partial charge in [0.25, 0.3) is 0 Å². The van der Waals surface area contributed by atoms with Crippen LogP contribution in [0.3, 0.4) is 0 Å². The fraction of sp³-hybridized carbons (Fsp3) is 0.125. The molecular weight excluding hydrogens is 295 g/mol. The fourth-order valence-corrected chi connectivity index (χ4v) is 2.16. The zero-order chi connectivity index (χ0) is 14.5. The lowest BCUT2D eigenvalue weighted by atomic mass is 10.0. The summed E-state index contributed by atoms with van der Waals surface area (Å²) in [5, 5.41) is 0. The minimum Gasteiger partial charge on any atom is -0.293 e. The summed E-state index contributed by atoms with van der Waals surface area (Å²) < 4.78 is 0. The zero-order valence-electron chi connectivity index (χ0n) is 10.6. The molecule has 0 fully saturated rings. The Kier molecular flexibility index (Phi) is 4.94. The summed E-state index contributed by atoms with van der Waals surface area (Å²) in [6.07, 6.45) is 0. The fourth-order valence-electron chi connectivity index (χ4n) is 1.85. The van der Waals surface area contributed by atoms with Crippen molar-refractivity contribution in [2.75, 3.05) is 11.8 Å². The average Bonchev–Trinajstić information content (AvgIpc) is 2.53. The summed E-state index contributed by atoms with van der Waals surface area (Å²) in [4.78, 5) is 22.9. The highest BCUT2D eigenvalue weighted by Gasteiger charge is 2.06. The molecule has 4 heteroatoms. The molecule has 0 heterocycles. The molecule has 2 rings (SSSR count). The number of alkyl halides is 2.